The lowest BCUT2D eigenvalue weighted by Gasteiger charge is -2.09. The molecule has 0 atom stereocenters. The van der Waals surface area contributed by atoms with E-state index in [2.05, 4.69) is 77.6 Å². The number of nitrogens with zero attached hydrogens (tertiary/aromatic N) is 1. The number of hydrogen-bond donors (Lipinski definition) is 1. The fourth-order valence-corrected chi connectivity index (χ4v) is 2.51. The highest BCUT2D eigenvalue weighted by atomic mass is 14.9. The quantitative estimate of drug-likeness (QED) is 0.670. The molecule has 2 heteroatoms. The van der Waals surface area contributed by atoms with Gasteiger partial charge in [0.1, 0.15) is 5.82 Å². The van der Waals surface area contributed by atoms with Crippen molar-refractivity contribution in [1.29, 1.82) is 0 Å². The summed E-state index contributed by atoms with van der Waals surface area (Å²) in [6, 6.07) is 21.0. The van der Waals surface area contributed by atoms with E-state index in [1.54, 1.807) is 0 Å². The van der Waals surface area contributed by atoms with Crippen LogP contribution in [0.2, 0.25) is 0 Å². The lowest BCUT2D eigenvalue weighted by Crippen LogP contribution is -1.86. The lowest BCUT2D eigenvalue weighted by atomic mass is 9.96. The predicted molar refractivity (Wildman–Crippen MR) is 87.7 cm³/mol. The minimum atomic E-state index is 0.927. The van der Waals surface area contributed by atoms with E-state index in [9.17, 15) is 0 Å². The molecular weight excluding hydrogens is 256 g/mol. The fraction of sp³-hybridized carbons (Fsp3) is 0.105. The summed E-state index contributed by atoms with van der Waals surface area (Å²) in [5.41, 5.74) is 5.89. The van der Waals surface area contributed by atoms with Gasteiger partial charge in [-0.1, -0.05) is 60.7 Å². The van der Waals surface area contributed by atoms with Gasteiger partial charge in [0.15, 0.2) is 0 Å². The van der Waals surface area contributed by atoms with Crippen molar-refractivity contribution in [2.45, 2.75) is 13.8 Å². The van der Waals surface area contributed by atoms with Gasteiger partial charge in [-0.25, -0.2) is 4.98 Å². The first-order chi connectivity index (χ1) is 10.3. The van der Waals surface area contributed by atoms with E-state index in [-0.39, 0.29) is 0 Å². The van der Waals surface area contributed by atoms with Gasteiger partial charge in [0.05, 0.1) is 11.9 Å². The Hall–Kier alpha value is -2.61. The van der Waals surface area contributed by atoms with Gasteiger partial charge < -0.3 is 4.98 Å². The van der Waals surface area contributed by atoms with Crippen LogP contribution in [0.1, 0.15) is 11.4 Å². The molecule has 0 amide bonds. The summed E-state index contributed by atoms with van der Waals surface area (Å²) in [7, 11) is 0. The highest BCUT2D eigenvalue weighted by Crippen LogP contribution is 2.31. The Kier molecular flexibility index (Phi) is 3.69. The van der Waals surface area contributed by atoms with Crippen LogP contribution >= 0.6 is 0 Å². The molecule has 0 saturated heterocycles. The lowest BCUT2D eigenvalue weighted by molar-refractivity contribution is 1.15. The molecule has 0 aromatic carbocycles. The smallest absolute Gasteiger partial charge is 0.103 e. The molecule has 0 fully saturated rings. The SMILES string of the molecule is Cc1ncc(-c2cccccc3c(C)cccccc2-3)[nH]1. The van der Waals surface area contributed by atoms with E-state index >= 15 is 0 Å². The molecule has 3 rings (SSSR count). The zero-order valence-electron chi connectivity index (χ0n) is 12.3. The highest BCUT2D eigenvalue weighted by molar-refractivity contribution is 5.82. The molecule has 0 bridgehead atoms. The first-order valence-electron chi connectivity index (χ1n) is 7.09. The van der Waals surface area contributed by atoms with Crippen LogP contribution in [0, 0.1) is 13.8 Å². The number of H-pyrrole nitrogens is 1. The highest BCUT2D eigenvalue weighted by Gasteiger charge is 2.09. The maximum atomic E-state index is 4.33. The van der Waals surface area contributed by atoms with E-state index in [0.717, 1.165) is 17.1 Å². The van der Waals surface area contributed by atoms with Gasteiger partial charge in [0.25, 0.3) is 0 Å². The largest absolute Gasteiger partial charge is 0.342 e. The van der Waals surface area contributed by atoms with Crippen LogP contribution in [-0.2, 0) is 0 Å². The standard InChI is InChI=1S/C19H18N2/c1-14-9-5-3-7-11-17-16(14)10-6-4-8-12-18(17)19-13-20-15(2)21-19/h3-13H,1-2H3,(H,20,21). The van der Waals surface area contributed by atoms with Crippen LogP contribution < -0.4 is 0 Å². The number of imidazole rings is 1. The summed E-state index contributed by atoms with van der Waals surface area (Å²) >= 11 is 0. The first-order valence-corrected chi connectivity index (χ1v) is 7.09. The van der Waals surface area contributed by atoms with Gasteiger partial charge in [0.2, 0.25) is 0 Å². The zero-order chi connectivity index (χ0) is 14.7. The molecule has 2 aliphatic carbocycles. The third kappa shape index (κ3) is 2.79. The van der Waals surface area contributed by atoms with Crippen molar-refractivity contribution in [1.82, 2.24) is 9.97 Å². The number of fused-ring (bicyclic) bond motifs is 1. The van der Waals surface area contributed by atoms with Crippen LogP contribution in [0.15, 0.2) is 66.9 Å². The van der Waals surface area contributed by atoms with Crippen molar-refractivity contribution in [2.24, 2.45) is 0 Å². The number of aromatic nitrogens is 2. The molecule has 104 valence electrons. The Morgan fingerprint density at radius 1 is 0.714 bits per heavy atom. The molecular formula is C19H18N2. The third-order valence-corrected chi connectivity index (χ3v) is 3.58. The fourth-order valence-electron chi connectivity index (χ4n) is 2.51. The van der Waals surface area contributed by atoms with Crippen LogP contribution in [0.4, 0.5) is 0 Å². The minimum Gasteiger partial charge on any atom is -0.342 e. The topological polar surface area (TPSA) is 28.7 Å². The summed E-state index contributed by atoms with van der Waals surface area (Å²) in [6.07, 6.45) is 1.90. The van der Waals surface area contributed by atoms with Crippen molar-refractivity contribution in [2.75, 3.05) is 0 Å². The molecule has 1 aromatic heterocycles. The maximum Gasteiger partial charge on any atom is 0.103 e. The Labute approximate surface area is 125 Å². The number of aryl methyl sites for hydroxylation is 2. The van der Waals surface area contributed by atoms with Crippen LogP contribution in [0.25, 0.3) is 22.4 Å². The molecule has 2 nitrogen and oxygen atoms in total. The van der Waals surface area contributed by atoms with E-state index < -0.39 is 0 Å². The molecule has 2 aliphatic rings. The molecule has 0 spiro atoms. The van der Waals surface area contributed by atoms with Gasteiger partial charge in [0, 0.05) is 5.56 Å². The second kappa shape index (κ2) is 5.80. The van der Waals surface area contributed by atoms with Gasteiger partial charge in [-0.2, -0.15) is 0 Å². The first kappa shape index (κ1) is 13.4. The number of rotatable bonds is 1. The predicted octanol–water partition coefficient (Wildman–Crippen LogP) is 4.92. The number of aromatic amines is 1. The second-order valence-corrected chi connectivity index (χ2v) is 5.13. The zero-order valence-corrected chi connectivity index (χ0v) is 12.3. The average molecular weight is 274 g/mol. The molecule has 0 aliphatic heterocycles. The molecule has 0 radical (unpaired) electrons. The van der Waals surface area contributed by atoms with E-state index in [0.29, 0.717) is 0 Å². The summed E-state index contributed by atoms with van der Waals surface area (Å²) < 4.78 is 0. The Bertz CT molecular complexity index is 785. The average Bonchev–Trinajstić information content (AvgIpc) is 2.85. The molecule has 0 unspecified atom stereocenters. The van der Waals surface area contributed by atoms with Crippen LogP contribution in [0.3, 0.4) is 0 Å². The summed E-state index contributed by atoms with van der Waals surface area (Å²) in [6.45, 7) is 4.12. The summed E-state index contributed by atoms with van der Waals surface area (Å²) in [5, 5.41) is 0. The summed E-state index contributed by atoms with van der Waals surface area (Å²) in [5.74, 6) is 0.927. The minimum absolute atomic E-state index is 0.927. The summed E-state index contributed by atoms with van der Waals surface area (Å²) in [4.78, 5) is 7.67. The van der Waals surface area contributed by atoms with Gasteiger partial charge in [-0.15, -0.1) is 0 Å². The Morgan fingerprint density at radius 2 is 1.33 bits per heavy atom. The molecule has 0 saturated carbocycles. The van der Waals surface area contributed by atoms with Crippen molar-refractivity contribution >= 4 is 0 Å². The molecule has 1 aromatic rings. The normalized spacial score (nSPS) is 10.4. The van der Waals surface area contributed by atoms with E-state index in [1.165, 1.54) is 16.7 Å². The van der Waals surface area contributed by atoms with Crippen molar-refractivity contribution in [3.05, 3.63) is 78.2 Å². The number of hydrogen-bond acceptors (Lipinski definition) is 1. The van der Waals surface area contributed by atoms with Gasteiger partial charge >= 0.3 is 0 Å². The van der Waals surface area contributed by atoms with Crippen molar-refractivity contribution < 1.29 is 0 Å². The Morgan fingerprint density at radius 3 is 2.00 bits per heavy atom. The van der Waals surface area contributed by atoms with Crippen LogP contribution in [-0.4, -0.2) is 9.97 Å². The Balaban J connectivity index is 2.39. The van der Waals surface area contributed by atoms with Crippen molar-refractivity contribution in [3.63, 3.8) is 0 Å². The third-order valence-electron chi connectivity index (χ3n) is 3.58. The van der Waals surface area contributed by atoms with Crippen molar-refractivity contribution in [3.8, 4) is 22.4 Å². The van der Waals surface area contributed by atoms with E-state index in [4.69, 9.17) is 0 Å². The van der Waals surface area contributed by atoms with Crippen LogP contribution in [0.5, 0.6) is 0 Å². The number of nitrogens with one attached hydrogen (secondary N) is 1. The van der Waals surface area contributed by atoms with Gasteiger partial charge in [-0.05, 0) is 30.5 Å². The second-order valence-electron chi connectivity index (χ2n) is 5.13. The molecule has 1 N–H and O–H groups in total. The van der Waals surface area contributed by atoms with Gasteiger partial charge in [-0.3, -0.25) is 0 Å². The monoisotopic (exact) mass is 274 g/mol. The molecule has 1 heterocycles. The maximum absolute atomic E-state index is 4.33. The molecule has 21 heavy (non-hydrogen) atoms. The van der Waals surface area contributed by atoms with E-state index in [1.807, 2.05) is 13.1 Å².